The fourth-order valence-corrected chi connectivity index (χ4v) is 14.1. The molecule has 7 heterocycles. The number of aliphatic hydroxyl groups excluding tert-OH is 2. The van der Waals surface area contributed by atoms with Gasteiger partial charge in [-0.05, 0) is 52.4 Å². The highest BCUT2D eigenvalue weighted by Crippen LogP contribution is 2.33. The van der Waals surface area contributed by atoms with Crippen molar-refractivity contribution in [2.75, 3.05) is 133 Å². The Bertz CT molecular complexity index is 2360. The van der Waals surface area contributed by atoms with Crippen LogP contribution in [0.1, 0.15) is 149 Å². The van der Waals surface area contributed by atoms with Crippen LogP contribution in [0.15, 0.2) is 0 Å². The Balaban J connectivity index is 0.752. The zero-order valence-corrected chi connectivity index (χ0v) is 53.4. The second-order valence-corrected chi connectivity index (χ2v) is 25.9. The maximum Gasteiger partial charge on any atom is 0.315 e. The summed E-state index contributed by atoms with van der Waals surface area (Å²) < 4.78 is 0. The average molecular weight is 1250 g/mol. The lowest BCUT2D eigenvalue weighted by Crippen LogP contribution is -2.63. The van der Waals surface area contributed by atoms with Crippen molar-refractivity contribution in [3.8, 4) is 0 Å². The molecule has 0 spiro atoms. The Morgan fingerprint density at radius 3 is 1.39 bits per heavy atom. The molecule has 492 valence electrons. The molecule has 0 unspecified atom stereocenters. The zero-order chi connectivity index (χ0) is 63.1. The smallest absolute Gasteiger partial charge is 0.315 e. The van der Waals surface area contributed by atoms with Gasteiger partial charge < -0.3 is 76.0 Å². The van der Waals surface area contributed by atoms with Gasteiger partial charge in [-0.2, -0.15) is 26.7 Å². The molecule has 7 atom stereocenters. The molecule has 1 aromatic rings. The summed E-state index contributed by atoms with van der Waals surface area (Å²) in [5.74, 6) is 0.766. The summed E-state index contributed by atoms with van der Waals surface area (Å²) in [4.78, 5) is 142. The molecule has 27 nitrogen and oxygen atoms in total. The van der Waals surface area contributed by atoms with E-state index in [1.807, 2.05) is 21.6 Å². The maximum absolute atomic E-state index is 13.4. The Hall–Kier alpha value is -6.29. The highest BCUT2D eigenvalue weighted by atomic mass is 32.2. The molecular weight excluding hydrogens is 1150 g/mol. The maximum atomic E-state index is 13.4. The van der Waals surface area contributed by atoms with E-state index in [0.29, 0.717) is 108 Å². The fourth-order valence-electron chi connectivity index (χ4n) is 12.5. The molecule has 0 aromatic carbocycles. The third-order valence-electron chi connectivity index (χ3n) is 17.8. The number of thioether (sulfide) groups is 1. The number of anilines is 3. The zero-order valence-electron chi connectivity index (χ0n) is 52.6. The second-order valence-electron chi connectivity index (χ2n) is 24.7. The standard InChI is InChI=1S/C60H100N16O11S/c1-42(77)53-55(85)75(39-50(83)69(53)3)37-46(79)61-26-20-15-11-7-5-9-13-17-24-48(81)71-29-33-73(34-30-71)58-66-57(63-28-22-19-23-45-52-44(41-88-45)64-60(87)65-52)67-59(68-58)74-35-31-72(32-36-74)49(82)25-18-14-10-6-8-12-16-21-27-62-47(80)38-76-40-51(84)70(4)54(43(2)78)56(76)86/h42-45,52-54,77-78H,5-41H2,1-4H3,(H,61,79)(H,62,80)(H2,64,65,87)(H,63,66,67,68)/t42-,43-,44+,45+,52+,53+,54+/m1/s1. The van der Waals surface area contributed by atoms with Crippen LogP contribution in [0.2, 0.25) is 0 Å². The van der Waals surface area contributed by atoms with Gasteiger partial charge in [0.2, 0.25) is 65.1 Å². The molecule has 7 N–H and O–H groups in total. The number of fused-ring (bicyclic) bond motifs is 1. The van der Waals surface area contributed by atoms with Gasteiger partial charge in [0.15, 0.2) is 0 Å². The molecule has 6 saturated heterocycles. The first-order valence-electron chi connectivity index (χ1n) is 32.6. The van der Waals surface area contributed by atoms with Crippen molar-refractivity contribution in [2.24, 2.45) is 0 Å². The molecule has 28 heteroatoms. The third kappa shape index (κ3) is 20.6. The number of nitrogens with zero attached hydrogens (tertiary/aromatic N) is 11. The van der Waals surface area contributed by atoms with Crippen LogP contribution in [0.25, 0.3) is 0 Å². The molecule has 10 amide bonds. The van der Waals surface area contributed by atoms with Crippen molar-refractivity contribution in [1.29, 1.82) is 0 Å². The molecule has 7 rings (SSSR count). The van der Waals surface area contributed by atoms with Crippen molar-refractivity contribution in [3.05, 3.63) is 0 Å². The molecule has 1 aromatic heterocycles. The minimum absolute atomic E-state index is 0.0743. The number of aromatic nitrogens is 3. The number of rotatable bonds is 36. The summed E-state index contributed by atoms with van der Waals surface area (Å²) in [5, 5.41) is 35.6. The highest BCUT2D eigenvalue weighted by molar-refractivity contribution is 8.00. The molecule has 6 aliphatic heterocycles. The monoisotopic (exact) mass is 1250 g/mol. The van der Waals surface area contributed by atoms with Crippen LogP contribution in [-0.4, -0.2) is 267 Å². The van der Waals surface area contributed by atoms with E-state index < -0.39 is 36.1 Å². The quantitative estimate of drug-likeness (QED) is 0.0368. The van der Waals surface area contributed by atoms with E-state index in [9.17, 15) is 53.4 Å². The number of nitrogens with one attached hydrogen (secondary N) is 5. The number of hydrogen-bond donors (Lipinski definition) is 7. The fraction of sp³-hybridized carbons (Fsp3) is 0.800. The molecule has 0 bridgehead atoms. The lowest BCUT2D eigenvalue weighted by Gasteiger charge is -2.39. The summed E-state index contributed by atoms with van der Waals surface area (Å²) in [6.45, 7) is 8.47. The first-order chi connectivity index (χ1) is 42.4. The van der Waals surface area contributed by atoms with E-state index in [-0.39, 0.29) is 79.7 Å². The number of carbonyl (C=O) groups excluding carboxylic acids is 9. The summed E-state index contributed by atoms with van der Waals surface area (Å²) in [6, 6.07) is -1.67. The van der Waals surface area contributed by atoms with Gasteiger partial charge in [0.1, 0.15) is 38.3 Å². The van der Waals surface area contributed by atoms with Crippen LogP contribution >= 0.6 is 11.8 Å². The minimum Gasteiger partial charge on any atom is -0.391 e. The summed E-state index contributed by atoms with van der Waals surface area (Å²) in [5.41, 5.74) is 0. The number of likely N-dealkylation sites (N-methyl/N-ethyl adjacent to an activating group) is 2. The van der Waals surface area contributed by atoms with E-state index in [1.54, 1.807) is 0 Å². The molecule has 6 aliphatic rings. The minimum atomic E-state index is -1.04. The lowest BCUT2D eigenvalue weighted by atomic mass is 10.0. The Morgan fingerprint density at radius 1 is 0.545 bits per heavy atom. The van der Waals surface area contributed by atoms with Gasteiger partial charge >= 0.3 is 6.03 Å². The number of piperazine rings is 4. The topological polar surface area (TPSA) is 319 Å². The second kappa shape index (κ2) is 35.2. The Kier molecular flexibility index (Phi) is 27.7. The van der Waals surface area contributed by atoms with E-state index >= 15 is 0 Å². The van der Waals surface area contributed by atoms with Crippen LogP contribution in [0.3, 0.4) is 0 Å². The van der Waals surface area contributed by atoms with Crippen molar-refractivity contribution in [2.45, 2.75) is 190 Å². The average Bonchev–Trinajstić information content (AvgIpc) is 4.26. The highest BCUT2D eigenvalue weighted by Gasteiger charge is 2.44. The predicted octanol–water partition coefficient (Wildman–Crippen LogP) is 1.27. The molecular formula is C60H100N16O11S. The summed E-state index contributed by atoms with van der Waals surface area (Å²) >= 11 is 1.92. The largest absolute Gasteiger partial charge is 0.391 e. The third-order valence-corrected chi connectivity index (χ3v) is 19.4. The molecule has 0 saturated carbocycles. The normalized spacial score (nSPS) is 22.2. The van der Waals surface area contributed by atoms with Gasteiger partial charge in [0, 0.05) is 110 Å². The van der Waals surface area contributed by atoms with Gasteiger partial charge in [-0.3, -0.25) is 38.4 Å². The molecule has 6 fully saturated rings. The van der Waals surface area contributed by atoms with Gasteiger partial charge in [-0.1, -0.05) is 83.5 Å². The first kappa shape index (κ1) is 69.2. The van der Waals surface area contributed by atoms with Gasteiger partial charge in [0.05, 0.1) is 24.3 Å². The van der Waals surface area contributed by atoms with Crippen molar-refractivity contribution in [3.63, 3.8) is 0 Å². The molecule has 0 aliphatic carbocycles. The van der Waals surface area contributed by atoms with E-state index in [1.165, 1.54) is 47.5 Å². The van der Waals surface area contributed by atoms with Crippen molar-refractivity contribution in [1.82, 2.24) is 65.6 Å². The number of amides is 10. The van der Waals surface area contributed by atoms with Crippen LogP contribution in [0.5, 0.6) is 0 Å². The Labute approximate surface area is 523 Å². The van der Waals surface area contributed by atoms with E-state index in [2.05, 4.69) is 36.4 Å². The predicted molar refractivity (Wildman–Crippen MR) is 334 cm³/mol. The summed E-state index contributed by atoms with van der Waals surface area (Å²) in [6.07, 6.45) is 17.5. The van der Waals surface area contributed by atoms with Gasteiger partial charge in [-0.15, -0.1) is 0 Å². The van der Waals surface area contributed by atoms with Crippen LogP contribution in [0.4, 0.5) is 22.6 Å². The SMILES string of the molecule is C[C@@H](O)[C@H]1C(=O)N(CC(=O)NCCCCCCCCCCC(=O)N2CCN(c3nc(NCCCC[C@@H]4SC[C@@H]5NC(=O)N[C@@H]54)nc(N4CCN(C(=O)CCCCCCCCCCNC(=O)CN5CC(=O)N(C)[C@@H]([C@@H](C)O)C5=O)CC4)n3)CC2)CC(=O)N1C. The van der Waals surface area contributed by atoms with Gasteiger partial charge in [-0.25, -0.2) is 4.79 Å². The number of aliphatic hydroxyl groups is 2. The van der Waals surface area contributed by atoms with Gasteiger partial charge in [0.25, 0.3) is 0 Å². The Morgan fingerprint density at radius 2 is 0.955 bits per heavy atom. The van der Waals surface area contributed by atoms with Crippen LogP contribution in [-0.2, 0) is 38.4 Å². The van der Waals surface area contributed by atoms with E-state index in [4.69, 9.17) is 15.0 Å². The van der Waals surface area contributed by atoms with Crippen LogP contribution < -0.4 is 36.4 Å². The number of hydrogen-bond acceptors (Lipinski definition) is 18. The van der Waals surface area contributed by atoms with E-state index in [0.717, 1.165) is 128 Å². The number of urea groups is 1. The van der Waals surface area contributed by atoms with Crippen molar-refractivity contribution >= 4 is 82.9 Å². The molecule has 88 heavy (non-hydrogen) atoms. The number of unbranched alkanes of at least 4 members (excludes halogenated alkanes) is 15. The lowest BCUT2D eigenvalue weighted by molar-refractivity contribution is -0.159. The van der Waals surface area contributed by atoms with Crippen LogP contribution in [0, 0.1) is 0 Å². The first-order valence-corrected chi connectivity index (χ1v) is 33.7. The van der Waals surface area contributed by atoms with Crippen molar-refractivity contribution < 1.29 is 53.4 Å². The number of carbonyl (C=O) groups is 9. The summed E-state index contributed by atoms with van der Waals surface area (Å²) in [7, 11) is 2.97. The molecule has 0 radical (unpaired) electrons.